The maximum Gasteiger partial charge on any atom is 0.229 e. The van der Waals surface area contributed by atoms with Crippen molar-refractivity contribution < 1.29 is 9.22 Å². The Morgan fingerprint density at radius 1 is 0.929 bits per heavy atom. The molecular weight excluding hydrogens is 208 g/mol. The van der Waals surface area contributed by atoms with Gasteiger partial charge in [0.05, 0.1) is 0 Å². The third-order valence-corrected chi connectivity index (χ3v) is 1.77. The number of hydrogen-bond donors (Lipinski definition) is 1. The molecule has 0 atom stereocenters. The van der Waals surface area contributed by atoms with Gasteiger partial charge in [0.15, 0.2) is 0 Å². The number of aromatic hydroxyl groups is 1. The minimum atomic E-state index is 0.350. The van der Waals surface area contributed by atoms with Crippen LogP contribution in [0.3, 0.4) is 0 Å². The van der Waals surface area contributed by atoms with Gasteiger partial charge in [0.1, 0.15) is 5.75 Å². The summed E-state index contributed by atoms with van der Waals surface area (Å²) in [6, 6.07) is 13.3. The molecule has 0 bridgehead atoms. The molecule has 6 radical (unpaired) electrons. The predicted octanol–water partition coefficient (Wildman–Crippen LogP) is 1.72. The van der Waals surface area contributed by atoms with E-state index in [1.54, 1.807) is 6.07 Å². The minimum absolute atomic E-state index is 0.350. The Labute approximate surface area is 89.6 Å². The minimum Gasteiger partial charge on any atom is -0.507 e. The lowest BCUT2D eigenvalue weighted by Gasteiger charge is -1.97. The highest BCUT2D eigenvalue weighted by molar-refractivity contribution is 6.15. The molecule has 1 N–H and O–H groups in total. The highest BCUT2D eigenvalue weighted by atomic mass is 28.3. The molecule has 0 aliphatic rings. The van der Waals surface area contributed by atoms with Crippen LogP contribution in [0.2, 0.25) is 0 Å². The van der Waals surface area contributed by atoms with Crippen molar-refractivity contribution >= 4 is 31.7 Å². The largest absolute Gasteiger partial charge is 0.507 e. The Balaban J connectivity index is 0.000000293. The summed E-state index contributed by atoms with van der Waals surface area (Å²) in [4.78, 5) is 0. The van der Waals surface area contributed by atoms with E-state index in [9.17, 15) is 5.11 Å². The smallest absolute Gasteiger partial charge is 0.229 e. The van der Waals surface area contributed by atoms with Crippen molar-refractivity contribution in [1.29, 1.82) is 0 Å². The van der Waals surface area contributed by atoms with Gasteiger partial charge in [0.2, 0.25) is 21.0 Å². The molecule has 0 heterocycles. The Morgan fingerprint density at radius 2 is 1.50 bits per heavy atom. The molecule has 0 spiro atoms. The average molecular weight is 216 g/mol. The van der Waals surface area contributed by atoms with Crippen LogP contribution in [-0.4, -0.2) is 26.1 Å². The van der Waals surface area contributed by atoms with Gasteiger partial charge in [-0.15, -0.1) is 0 Å². The third kappa shape index (κ3) is 2.69. The average Bonchev–Trinajstić information content (AvgIpc) is 2.20. The molecule has 2 aromatic carbocycles. The zero-order chi connectivity index (χ0) is 10.4. The van der Waals surface area contributed by atoms with E-state index in [4.69, 9.17) is 0 Å². The molecule has 0 amide bonds. The first kappa shape index (κ1) is 11.0. The van der Waals surface area contributed by atoms with E-state index in [1.807, 2.05) is 36.4 Å². The van der Waals surface area contributed by atoms with Crippen molar-refractivity contribution in [2.45, 2.75) is 0 Å². The Morgan fingerprint density at radius 3 is 2.14 bits per heavy atom. The summed E-state index contributed by atoms with van der Waals surface area (Å²) in [5.41, 5.74) is 0. The molecule has 14 heavy (non-hydrogen) atoms. The predicted molar refractivity (Wildman–Crippen MR) is 58.2 cm³/mol. The summed E-state index contributed by atoms with van der Waals surface area (Å²) in [6.45, 7) is 0. The van der Waals surface area contributed by atoms with Crippen LogP contribution in [0.1, 0.15) is 0 Å². The number of rotatable bonds is 0. The monoisotopic (exact) mass is 216 g/mol. The van der Waals surface area contributed by atoms with Gasteiger partial charge >= 0.3 is 0 Å². The first-order chi connectivity index (χ1) is 6.79. The van der Waals surface area contributed by atoms with Gasteiger partial charge in [-0.2, -0.15) is 0 Å². The van der Waals surface area contributed by atoms with Gasteiger partial charge in [-0.1, -0.05) is 36.4 Å². The molecule has 0 aliphatic carbocycles. The van der Waals surface area contributed by atoms with Gasteiger partial charge < -0.3 is 9.22 Å². The van der Waals surface area contributed by atoms with E-state index in [0.717, 1.165) is 10.8 Å². The summed E-state index contributed by atoms with van der Waals surface area (Å²) in [5.74, 6) is 0.350. The number of hydrogen-bond acceptors (Lipinski definition) is 2. The lowest BCUT2D eigenvalue weighted by molar-refractivity contribution is 0.481. The van der Waals surface area contributed by atoms with Gasteiger partial charge in [-0.25, -0.2) is 0 Å². The fourth-order valence-corrected chi connectivity index (χ4v) is 1.21. The highest BCUT2D eigenvalue weighted by Crippen LogP contribution is 2.22. The molecule has 2 nitrogen and oxygen atoms in total. The summed E-state index contributed by atoms with van der Waals surface area (Å²) in [5, 5.41) is 11.4. The first-order valence-electron chi connectivity index (χ1n) is 3.95. The van der Waals surface area contributed by atoms with Crippen LogP contribution in [-0.2, 0) is 4.12 Å². The van der Waals surface area contributed by atoms with Gasteiger partial charge in [-0.3, -0.25) is 0 Å². The normalized spacial score (nSPS) is 9.29. The third-order valence-electron chi connectivity index (χ3n) is 1.77. The van der Waals surface area contributed by atoms with E-state index in [0.29, 0.717) is 5.75 Å². The molecule has 0 unspecified atom stereocenters. The topological polar surface area (TPSA) is 29.5 Å². The van der Waals surface area contributed by atoms with Crippen molar-refractivity contribution in [3.63, 3.8) is 0 Å². The van der Waals surface area contributed by atoms with Crippen molar-refractivity contribution in [2.75, 3.05) is 0 Å². The number of fused-ring (bicyclic) bond motifs is 1. The van der Waals surface area contributed by atoms with E-state index in [2.05, 4.69) is 25.1 Å². The van der Waals surface area contributed by atoms with E-state index >= 15 is 0 Å². The molecule has 2 aromatic rings. The standard InChI is InChI=1S/C10H8O.OSi2/c11-10-7-3-5-8-4-1-2-6-9(8)10;2-1-3/h1-7,11H;. The quantitative estimate of drug-likeness (QED) is 0.679. The van der Waals surface area contributed by atoms with Crippen LogP contribution in [0.5, 0.6) is 5.75 Å². The molecular formula is C10H8O2Si2. The van der Waals surface area contributed by atoms with Crippen molar-refractivity contribution in [2.24, 2.45) is 0 Å². The lowest BCUT2D eigenvalue weighted by Crippen LogP contribution is -1.70. The molecule has 2 rings (SSSR count). The molecule has 0 fully saturated rings. The Kier molecular flexibility index (Phi) is 4.38. The van der Waals surface area contributed by atoms with Crippen molar-refractivity contribution in [1.82, 2.24) is 0 Å². The van der Waals surface area contributed by atoms with Crippen molar-refractivity contribution in [3.05, 3.63) is 42.5 Å². The zero-order valence-electron chi connectivity index (χ0n) is 7.40. The molecule has 0 saturated carbocycles. The number of benzene rings is 2. The van der Waals surface area contributed by atoms with E-state index < -0.39 is 0 Å². The summed E-state index contributed by atoms with van der Waals surface area (Å²) in [7, 11) is 5.19. The molecule has 0 aromatic heterocycles. The highest BCUT2D eigenvalue weighted by Gasteiger charge is 1.94. The fourth-order valence-electron chi connectivity index (χ4n) is 1.21. The van der Waals surface area contributed by atoms with Gasteiger partial charge in [0, 0.05) is 5.39 Å². The van der Waals surface area contributed by atoms with Crippen LogP contribution < -0.4 is 0 Å². The number of phenolic OH excluding ortho intramolecular Hbond substituents is 1. The number of phenols is 1. The second-order valence-corrected chi connectivity index (χ2v) is 3.42. The lowest BCUT2D eigenvalue weighted by atomic mass is 10.1. The van der Waals surface area contributed by atoms with Gasteiger partial charge in [0.25, 0.3) is 0 Å². The van der Waals surface area contributed by atoms with Crippen LogP contribution in [0.25, 0.3) is 10.8 Å². The Hall–Kier alpha value is -1.11. The van der Waals surface area contributed by atoms with Crippen LogP contribution >= 0.6 is 0 Å². The molecule has 0 saturated heterocycles. The molecule has 4 heteroatoms. The SMILES string of the molecule is Oc1cccc2ccccc12.[Si]O[Si]. The first-order valence-corrected chi connectivity index (χ1v) is 4.77. The van der Waals surface area contributed by atoms with Crippen LogP contribution in [0.4, 0.5) is 0 Å². The van der Waals surface area contributed by atoms with Crippen molar-refractivity contribution in [3.8, 4) is 5.75 Å². The zero-order valence-corrected chi connectivity index (χ0v) is 9.40. The fraction of sp³-hybridized carbons (Fsp3) is 0. The summed E-state index contributed by atoms with van der Waals surface area (Å²) >= 11 is 0. The van der Waals surface area contributed by atoms with Crippen LogP contribution in [0, 0.1) is 0 Å². The Bertz CT molecular complexity index is 399. The van der Waals surface area contributed by atoms with E-state index in [1.165, 1.54) is 0 Å². The molecule has 0 aliphatic heterocycles. The summed E-state index contributed by atoms with van der Waals surface area (Å²) in [6.07, 6.45) is 0. The van der Waals surface area contributed by atoms with E-state index in [-0.39, 0.29) is 0 Å². The van der Waals surface area contributed by atoms with Crippen LogP contribution in [0.15, 0.2) is 42.5 Å². The maximum atomic E-state index is 9.37. The van der Waals surface area contributed by atoms with Gasteiger partial charge in [-0.05, 0) is 11.5 Å². The molecule has 68 valence electrons. The maximum absolute atomic E-state index is 9.37. The second-order valence-electron chi connectivity index (χ2n) is 2.60. The summed E-state index contributed by atoms with van der Waals surface area (Å²) < 4.78 is 3.86. The second kappa shape index (κ2) is 5.59.